The first-order valence-electron chi connectivity index (χ1n) is 9.73. The molecule has 1 aromatic carbocycles. The van der Waals surface area contributed by atoms with Crippen LogP contribution in [0.15, 0.2) is 28.8 Å². The van der Waals surface area contributed by atoms with Crippen molar-refractivity contribution in [2.45, 2.75) is 57.4 Å². The number of benzene rings is 1. The quantitative estimate of drug-likeness (QED) is 0.660. The lowest BCUT2D eigenvalue weighted by atomic mass is 9.84. The molecule has 0 saturated heterocycles. The maximum Gasteiger partial charge on any atom is 0.226 e. The van der Waals surface area contributed by atoms with E-state index in [1.807, 2.05) is 12.1 Å². The Labute approximate surface area is 177 Å². The van der Waals surface area contributed by atoms with E-state index < -0.39 is 0 Å². The summed E-state index contributed by atoms with van der Waals surface area (Å²) in [6.45, 7) is 0.504. The zero-order valence-electron chi connectivity index (χ0n) is 15.9. The summed E-state index contributed by atoms with van der Waals surface area (Å²) in [5, 5.41) is 7.77. The highest BCUT2D eigenvalue weighted by atomic mass is 35.5. The molecule has 8 heteroatoms. The lowest BCUT2D eigenvalue weighted by Crippen LogP contribution is -2.45. The van der Waals surface area contributed by atoms with Gasteiger partial charge in [0.05, 0.1) is 0 Å². The van der Waals surface area contributed by atoms with Crippen LogP contribution in [-0.2, 0) is 11.2 Å². The Hall–Kier alpha value is -1.63. The van der Waals surface area contributed by atoms with Crippen LogP contribution in [0.5, 0.6) is 0 Å². The molecule has 6 nitrogen and oxygen atoms in total. The van der Waals surface area contributed by atoms with E-state index in [1.54, 1.807) is 12.1 Å². The SMILES string of the molecule is Cl.NCC(NC(=O)CCCc1nc(-c2ccc(Cl)cc2)no1)C1CCCCC1. The van der Waals surface area contributed by atoms with E-state index in [2.05, 4.69) is 15.5 Å². The molecule has 1 aromatic heterocycles. The van der Waals surface area contributed by atoms with E-state index >= 15 is 0 Å². The second kappa shape index (κ2) is 11.4. The number of nitrogens with one attached hydrogen (secondary N) is 1. The fraction of sp³-hybridized carbons (Fsp3) is 0.550. The van der Waals surface area contributed by atoms with Crippen molar-refractivity contribution in [1.82, 2.24) is 15.5 Å². The van der Waals surface area contributed by atoms with Crippen LogP contribution in [0.1, 0.15) is 50.8 Å². The number of aryl methyl sites for hydroxylation is 1. The third kappa shape index (κ3) is 6.47. The Balaban J connectivity index is 0.00000280. The van der Waals surface area contributed by atoms with Crippen molar-refractivity contribution in [3.8, 4) is 11.4 Å². The molecule has 0 bridgehead atoms. The summed E-state index contributed by atoms with van der Waals surface area (Å²) in [6, 6.07) is 7.37. The van der Waals surface area contributed by atoms with E-state index in [-0.39, 0.29) is 24.4 Å². The van der Waals surface area contributed by atoms with Crippen molar-refractivity contribution in [3.05, 3.63) is 35.2 Å². The molecule has 3 N–H and O–H groups in total. The third-order valence-corrected chi connectivity index (χ3v) is 5.44. The van der Waals surface area contributed by atoms with Crippen LogP contribution in [0.25, 0.3) is 11.4 Å². The number of halogens is 2. The zero-order chi connectivity index (χ0) is 19.1. The predicted octanol–water partition coefficient (Wildman–Crippen LogP) is 4.16. The molecule has 28 heavy (non-hydrogen) atoms. The highest BCUT2D eigenvalue weighted by Gasteiger charge is 2.23. The van der Waals surface area contributed by atoms with Crippen molar-refractivity contribution in [2.75, 3.05) is 6.54 Å². The van der Waals surface area contributed by atoms with Gasteiger partial charge in [-0.3, -0.25) is 4.79 Å². The summed E-state index contributed by atoms with van der Waals surface area (Å²) >= 11 is 5.89. The van der Waals surface area contributed by atoms with Gasteiger partial charge in [0.1, 0.15) is 0 Å². The monoisotopic (exact) mass is 426 g/mol. The lowest BCUT2D eigenvalue weighted by molar-refractivity contribution is -0.122. The molecule has 1 unspecified atom stereocenters. The minimum atomic E-state index is 0. The molecule has 154 valence electrons. The number of amides is 1. The van der Waals surface area contributed by atoms with Gasteiger partial charge < -0.3 is 15.6 Å². The van der Waals surface area contributed by atoms with Gasteiger partial charge in [-0.1, -0.05) is 36.0 Å². The number of hydrogen-bond donors (Lipinski definition) is 2. The standard InChI is InChI=1S/C20H27ClN4O2.ClH/c21-16-11-9-15(10-12-16)20-24-19(27-25-20)8-4-7-18(26)23-17(13-22)14-5-2-1-3-6-14;/h9-12,14,17H,1-8,13,22H2,(H,23,26);1H. The number of aromatic nitrogens is 2. The number of carbonyl (C=O) groups excluding carboxylic acids is 1. The second-order valence-electron chi connectivity index (χ2n) is 7.18. The largest absolute Gasteiger partial charge is 0.352 e. The van der Waals surface area contributed by atoms with Crippen LogP contribution in [0.4, 0.5) is 0 Å². The first-order valence-corrected chi connectivity index (χ1v) is 10.1. The highest BCUT2D eigenvalue weighted by Crippen LogP contribution is 2.26. The third-order valence-electron chi connectivity index (χ3n) is 5.18. The maximum absolute atomic E-state index is 12.3. The summed E-state index contributed by atoms with van der Waals surface area (Å²) in [4.78, 5) is 16.6. The van der Waals surface area contributed by atoms with E-state index in [0.717, 1.165) is 18.4 Å². The first-order chi connectivity index (χ1) is 13.2. The van der Waals surface area contributed by atoms with Gasteiger partial charge in [-0.25, -0.2) is 0 Å². The molecular formula is C20H28Cl2N4O2. The Morgan fingerprint density at radius 2 is 1.96 bits per heavy atom. The summed E-state index contributed by atoms with van der Waals surface area (Å²) in [5.74, 6) is 1.64. The Morgan fingerprint density at radius 3 is 2.64 bits per heavy atom. The molecule has 0 spiro atoms. The molecule has 1 amide bonds. The van der Waals surface area contributed by atoms with Crippen LogP contribution in [0.2, 0.25) is 5.02 Å². The van der Waals surface area contributed by atoms with Crippen LogP contribution in [-0.4, -0.2) is 28.6 Å². The van der Waals surface area contributed by atoms with Gasteiger partial charge in [0.15, 0.2) is 0 Å². The fourth-order valence-electron chi connectivity index (χ4n) is 3.66. The molecule has 1 heterocycles. The maximum atomic E-state index is 12.3. The van der Waals surface area contributed by atoms with Crippen molar-refractivity contribution < 1.29 is 9.32 Å². The summed E-state index contributed by atoms with van der Waals surface area (Å²) < 4.78 is 5.28. The Morgan fingerprint density at radius 1 is 1.25 bits per heavy atom. The van der Waals surface area contributed by atoms with Gasteiger partial charge in [0.25, 0.3) is 0 Å². The molecule has 0 aliphatic heterocycles. The molecule has 0 radical (unpaired) electrons. The second-order valence-corrected chi connectivity index (χ2v) is 7.62. The fourth-order valence-corrected chi connectivity index (χ4v) is 3.78. The number of rotatable bonds is 8. The van der Waals surface area contributed by atoms with Gasteiger partial charge in [-0.15, -0.1) is 12.4 Å². The molecule has 1 fully saturated rings. The van der Waals surface area contributed by atoms with Gasteiger partial charge in [0, 0.05) is 36.0 Å². The van der Waals surface area contributed by atoms with Gasteiger partial charge in [0.2, 0.25) is 17.6 Å². The molecule has 1 aliphatic rings. The zero-order valence-corrected chi connectivity index (χ0v) is 17.5. The molecule has 3 rings (SSSR count). The number of nitrogens with two attached hydrogens (primary N) is 1. The van der Waals surface area contributed by atoms with E-state index in [9.17, 15) is 4.79 Å². The molecule has 2 aromatic rings. The average Bonchev–Trinajstić information content (AvgIpc) is 3.16. The van der Waals surface area contributed by atoms with Crippen LogP contribution in [0.3, 0.4) is 0 Å². The highest BCUT2D eigenvalue weighted by molar-refractivity contribution is 6.30. The summed E-state index contributed by atoms with van der Waals surface area (Å²) in [5.41, 5.74) is 6.73. The normalized spacial score (nSPS) is 15.6. The van der Waals surface area contributed by atoms with Crippen molar-refractivity contribution in [3.63, 3.8) is 0 Å². The van der Waals surface area contributed by atoms with Crippen LogP contribution in [0, 0.1) is 5.92 Å². The average molecular weight is 427 g/mol. The van der Waals surface area contributed by atoms with Gasteiger partial charge in [-0.05, 0) is 49.4 Å². The number of hydrogen-bond acceptors (Lipinski definition) is 5. The summed E-state index contributed by atoms with van der Waals surface area (Å²) in [6.07, 6.45) is 7.77. The topological polar surface area (TPSA) is 94.0 Å². The molecular weight excluding hydrogens is 399 g/mol. The Kier molecular flexibility index (Phi) is 9.22. The van der Waals surface area contributed by atoms with Gasteiger partial charge in [-0.2, -0.15) is 4.98 Å². The summed E-state index contributed by atoms with van der Waals surface area (Å²) in [7, 11) is 0. The number of nitrogens with zero attached hydrogens (tertiary/aromatic N) is 2. The van der Waals surface area contributed by atoms with Crippen LogP contribution >= 0.6 is 24.0 Å². The Bertz CT molecular complexity index is 730. The van der Waals surface area contributed by atoms with E-state index in [4.69, 9.17) is 21.9 Å². The predicted molar refractivity (Wildman–Crippen MR) is 112 cm³/mol. The molecule has 1 aliphatic carbocycles. The molecule has 1 saturated carbocycles. The lowest BCUT2D eigenvalue weighted by Gasteiger charge is -2.30. The molecule has 1 atom stereocenters. The van der Waals surface area contributed by atoms with Crippen LogP contribution < -0.4 is 11.1 Å². The minimum Gasteiger partial charge on any atom is -0.352 e. The van der Waals surface area contributed by atoms with Crippen molar-refractivity contribution in [2.24, 2.45) is 11.7 Å². The minimum absolute atomic E-state index is 0. The van der Waals surface area contributed by atoms with E-state index in [1.165, 1.54) is 19.3 Å². The van der Waals surface area contributed by atoms with Gasteiger partial charge >= 0.3 is 0 Å². The first kappa shape index (κ1) is 22.7. The van der Waals surface area contributed by atoms with Crippen molar-refractivity contribution >= 4 is 29.9 Å². The van der Waals surface area contributed by atoms with Crippen molar-refractivity contribution in [1.29, 1.82) is 0 Å². The van der Waals surface area contributed by atoms with E-state index in [0.29, 0.717) is 48.5 Å². The number of carbonyl (C=O) groups is 1. The smallest absolute Gasteiger partial charge is 0.226 e.